The first-order valence-electron chi connectivity index (χ1n) is 10.5. The molecule has 1 amide bonds. The summed E-state index contributed by atoms with van der Waals surface area (Å²) in [4.78, 5) is 16.3. The van der Waals surface area contributed by atoms with E-state index in [4.69, 9.17) is 14.2 Å². The fraction of sp³-hybridized carbons (Fsp3) is 0.240. The van der Waals surface area contributed by atoms with E-state index in [-0.39, 0.29) is 5.57 Å². The zero-order valence-corrected chi connectivity index (χ0v) is 19.4. The average molecular weight is 464 g/mol. The molecule has 0 unspecified atom stereocenters. The molecular weight excluding hydrogens is 438 g/mol. The topological polar surface area (TPSA) is 93.5 Å². The molecule has 33 heavy (non-hydrogen) atoms. The molecule has 0 atom stereocenters. The molecule has 170 valence electrons. The Kier molecular flexibility index (Phi) is 8.86. The van der Waals surface area contributed by atoms with E-state index in [0.29, 0.717) is 48.4 Å². The number of carbonyl (C=O) groups is 1. The predicted octanol–water partition coefficient (Wildman–Crippen LogP) is 5.24. The van der Waals surface area contributed by atoms with Gasteiger partial charge >= 0.3 is 0 Å². The van der Waals surface area contributed by atoms with Gasteiger partial charge < -0.3 is 14.2 Å². The molecule has 1 N–H and O–H groups in total. The quantitative estimate of drug-likeness (QED) is 0.237. The van der Waals surface area contributed by atoms with E-state index in [1.54, 1.807) is 29.8 Å². The number of nitrogens with zero attached hydrogens (tertiary/aromatic N) is 2. The second-order valence-electron chi connectivity index (χ2n) is 6.92. The number of hydrogen-bond acceptors (Lipinski definition) is 7. The fourth-order valence-electron chi connectivity index (χ4n) is 2.91. The van der Waals surface area contributed by atoms with Gasteiger partial charge in [-0.05, 0) is 49.2 Å². The number of amides is 1. The molecule has 0 fully saturated rings. The number of anilines is 1. The number of aryl methyl sites for hydroxylation is 1. The molecule has 0 aliphatic heterocycles. The summed E-state index contributed by atoms with van der Waals surface area (Å²) in [5.74, 6) is 1.49. The molecule has 3 rings (SSSR count). The van der Waals surface area contributed by atoms with E-state index in [1.165, 1.54) is 17.4 Å². The maximum absolute atomic E-state index is 12.3. The van der Waals surface area contributed by atoms with Crippen LogP contribution in [0, 0.1) is 18.3 Å². The fourth-order valence-corrected chi connectivity index (χ4v) is 3.43. The van der Waals surface area contributed by atoms with E-state index in [0.717, 1.165) is 11.3 Å². The van der Waals surface area contributed by atoms with Crippen LogP contribution in [-0.4, -0.2) is 30.7 Å². The highest BCUT2D eigenvalue weighted by atomic mass is 32.1. The summed E-state index contributed by atoms with van der Waals surface area (Å²) in [6, 6.07) is 15.1. The van der Waals surface area contributed by atoms with Crippen molar-refractivity contribution in [2.24, 2.45) is 0 Å². The first-order valence-corrected chi connectivity index (χ1v) is 11.4. The van der Waals surface area contributed by atoms with Crippen molar-refractivity contribution in [3.05, 3.63) is 70.7 Å². The number of ether oxygens (including phenoxy) is 3. The number of rotatable bonds is 11. The molecule has 3 aromatic rings. The zero-order chi connectivity index (χ0) is 23.5. The van der Waals surface area contributed by atoms with E-state index in [1.807, 2.05) is 44.2 Å². The molecule has 0 saturated heterocycles. The van der Waals surface area contributed by atoms with Gasteiger partial charge in [-0.1, -0.05) is 24.3 Å². The van der Waals surface area contributed by atoms with Crippen LogP contribution in [0.5, 0.6) is 17.2 Å². The van der Waals surface area contributed by atoms with Crippen LogP contribution in [0.15, 0.2) is 59.6 Å². The molecule has 0 saturated carbocycles. The van der Waals surface area contributed by atoms with E-state index < -0.39 is 5.91 Å². The van der Waals surface area contributed by atoms with Gasteiger partial charge in [0.25, 0.3) is 5.91 Å². The van der Waals surface area contributed by atoms with Gasteiger partial charge in [-0.15, -0.1) is 11.3 Å². The third-order valence-electron chi connectivity index (χ3n) is 4.49. The van der Waals surface area contributed by atoms with E-state index in [9.17, 15) is 10.1 Å². The highest BCUT2D eigenvalue weighted by molar-refractivity contribution is 7.13. The number of aromatic nitrogens is 1. The summed E-state index contributed by atoms with van der Waals surface area (Å²) in [6.07, 6.45) is 3.79. The summed E-state index contributed by atoms with van der Waals surface area (Å²) in [5.41, 5.74) is 1.71. The van der Waals surface area contributed by atoms with Gasteiger partial charge in [-0.2, -0.15) is 5.26 Å². The Hall–Kier alpha value is -3.83. The van der Waals surface area contributed by atoms with Gasteiger partial charge in [0.1, 0.15) is 17.4 Å². The van der Waals surface area contributed by atoms with Crippen LogP contribution in [0.1, 0.15) is 24.5 Å². The van der Waals surface area contributed by atoms with Crippen molar-refractivity contribution >= 4 is 28.5 Å². The van der Waals surface area contributed by atoms with Gasteiger partial charge in [0, 0.05) is 18.0 Å². The Labute approximate surface area is 197 Å². The lowest BCUT2D eigenvalue weighted by atomic mass is 10.1. The number of nitriles is 1. The SMILES string of the molecule is CCOc1cc(/C=C(/C#N)C(=O)Nc2nccs2)ccc1OCCCOc1ccccc1C. The monoisotopic (exact) mass is 463 g/mol. The molecular formula is C25H25N3O4S. The van der Waals surface area contributed by atoms with Gasteiger partial charge in [-0.3, -0.25) is 10.1 Å². The van der Waals surface area contributed by atoms with Crippen LogP contribution in [0.2, 0.25) is 0 Å². The minimum Gasteiger partial charge on any atom is -0.493 e. The Morgan fingerprint density at radius 1 is 1.12 bits per heavy atom. The van der Waals surface area contributed by atoms with Crippen LogP contribution >= 0.6 is 11.3 Å². The molecule has 0 radical (unpaired) electrons. The Morgan fingerprint density at radius 3 is 2.61 bits per heavy atom. The van der Waals surface area contributed by atoms with Crippen molar-refractivity contribution in [3.63, 3.8) is 0 Å². The van der Waals surface area contributed by atoms with Crippen molar-refractivity contribution in [3.8, 4) is 23.3 Å². The smallest absolute Gasteiger partial charge is 0.268 e. The van der Waals surface area contributed by atoms with Crippen LogP contribution in [0.25, 0.3) is 6.08 Å². The molecule has 0 spiro atoms. The van der Waals surface area contributed by atoms with Crippen LogP contribution in [-0.2, 0) is 4.79 Å². The Morgan fingerprint density at radius 2 is 1.91 bits per heavy atom. The van der Waals surface area contributed by atoms with E-state index in [2.05, 4.69) is 10.3 Å². The number of thiazole rings is 1. The first-order chi connectivity index (χ1) is 16.1. The molecule has 2 aromatic carbocycles. The third-order valence-corrected chi connectivity index (χ3v) is 5.18. The molecule has 0 aliphatic rings. The lowest BCUT2D eigenvalue weighted by Crippen LogP contribution is -2.13. The molecule has 1 heterocycles. The second kappa shape index (κ2) is 12.3. The number of benzene rings is 2. The van der Waals surface area contributed by atoms with Gasteiger partial charge in [0.05, 0.1) is 19.8 Å². The second-order valence-corrected chi connectivity index (χ2v) is 7.81. The standard InChI is InChI=1S/C25H25N3O4S/c1-3-30-23-16-19(15-20(17-26)24(29)28-25-27-11-14-33-25)9-10-22(23)32-13-6-12-31-21-8-5-4-7-18(21)2/h4-5,7-11,14-16H,3,6,12-13H2,1-2H3,(H,27,28,29)/b20-15-. The van der Waals surface area contributed by atoms with Crippen LogP contribution in [0.4, 0.5) is 5.13 Å². The Balaban J connectivity index is 1.60. The number of carbonyl (C=O) groups excluding carboxylic acids is 1. The van der Waals surface area contributed by atoms with Crippen molar-refractivity contribution in [1.29, 1.82) is 5.26 Å². The molecule has 0 bridgehead atoms. The van der Waals surface area contributed by atoms with Gasteiger partial charge in [0.2, 0.25) is 0 Å². The van der Waals surface area contributed by atoms with Crippen molar-refractivity contribution in [2.45, 2.75) is 20.3 Å². The molecule has 0 aliphatic carbocycles. The maximum Gasteiger partial charge on any atom is 0.268 e. The lowest BCUT2D eigenvalue weighted by Gasteiger charge is -2.13. The minimum atomic E-state index is -0.514. The molecule has 8 heteroatoms. The average Bonchev–Trinajstić information content (AvgIpc) is 3.32. The maximum atomic E-state index is 12.3. The number of hydrogen-bond donors (Lipinski definition) is 1. The van der Waals surface area contributed by atoms with Crippen molar-refractivity contribution in [1.82, 2.24) is 4.98 Å². The lowest BCUT2D eigenvalue weighted by molar-refractivity contribution is -0.112. The van der Waals surface area contributed by atoms with E-state index >= 15 is 0 Å². The molecule has 1 aromatic heterocycles. The molecule has 7 nitrogen and oxygen atoms in total. The number of para-hydroxylation sites is 1. The summed E-state index contributed by atoms with van der Waals surface area (Å²) in [7, 11) is 0. The van der Waals surface area contributed by atoms with Crippen LogP contribution in [0.3, 0.4) is 0 Å². The third kappa shape index (κ3) is 7.09. The predicted molar refractivity (Wildman–Crippen MR) is 129 cm³/mol. The highest BCUT2D eigenvalue weighted by Gasteiger charge is 2.12. The summed E-state index contributed by atoms with van der Waals surface area (Å²) >= 11 is 1.28. The van der Waals surface area contributed by atoms with Crippen molar-refractivity contribution in [2.75, 3.05) is 25.1 Å². The van der Waals surface area contributed by atoms with Crippen LogP contribution < -0.4 is 19.5 Å². The summed E-state index contributed by atoms with van der Waals surface area (Å²) in [6.45, 7) is 5.34. The number of nitrogens with one attached hydrogen (secondary N) is 1. The highest BCUT2D eigenvalue weighted by Crippen LogP contribution is 2.30. The normalized spacial score (nSPS) is 10.9. The van der Waals surface area contributed by atoms with Crippen molar-refractivity contribution < 1.29 is 19.0 Å². The minimum absolute atomic E-state index is 0.0327. The summed E-state index contributed by atoms with van der Waals surface area (Å²) < 4.78 is 17.4. The largest absolute Gasteiger partial charge is 0.493 e. The van der Waals surface area contributed by atoms with Gasteiger partial charge in [-0.25, -0.2) is 4.98 Å². The Bertz CT molecular complexity index is 1140. The first kappa shape index (κ1) is 23.8. The summed E-state index contributed by atoms with van der Waals surface area (Å²) in [5, 5.41) is 14.2. The van der Waals surface area contributed by atoms with Gasteiger partial charge in [0.15, 0.2) is 16.6 Å². The zero-order valence-electron chi connectivity index (χ0n) is 18.5.